The molecule has 0 aliphatic carbocycles. The smallest absolute Gasteiger partial charge is 0.251 e. The minimum absolute atomic E-state index is 0.0775. The number of rotatable bonds is 8. The van der Waals surface area contributed by atoms with Crippen LogP contribution in [-0.4, -0.2) is 20.4 Å². The second-order valence-electron chi connectivity index (χ2n) is 8.97. The van der Waals surface area contributed by atoms with Crippen molar-refractivity contribution in [3.05, 3.63) is 125 Å². The highest BCUT2D eigenvalue weighted by Crippen LogP contribution is 2.27. The van der Waals surface area contributed by atoms with E-state index in [1.165, 1.54) is 16.7 Å². The third-order valence-electron chi connectivity index (χ3n) is 6.05. The predicted octanol–water partition coefficient (Wildman–Crippen LogP) is 6.32. The normalized spacial score (nSPS) is 11.1. The van der Waals surface area contributed by atoms with E-state index in [-0.39, 0.29) is 5.91 Å². The molecule has 0 aliphatic rings. The summed E-state index contributed by atoms with van der Waals surface area (Å²) in [5.41, 5.74) is 8.30. The molecule has 0 fully saturated rings. The number of aryl methyl sites for hydroxylation is 2. The van der Waals surface area contributed by atoms with Crippen LogP contribution in [0.1, 0.15) is 38.2 Å². The number of hydrogen-bond acceptors (Lipinski definition) is 4. The zero-order valence-electron chi connectivity index (χ0n) is 20.4. The van der Waals surface area contributed by atoms with Crippen molar-refractivity contribution >= 4 is 28.8 Å². The highest BCUT2D eigenvalue weighted by Gasteiger charge is 2.14. The van der Waals surface area contributed by atoms with Crippen LogP contribution < -0.4 is 5.32 Å². The van der Waals surface area contributed by atoms with E-state index in [2.05, 4.69) is 65.1 Å². The average Bonchev–Trinajstić information content (AvgIpc) is 3.24. The molecule has 1 N–H and O–H groups in total. The fraction of sp³-hybridized carbons (Fsp3) is 0.167. The molecule has 0 aliphatic heterocycles. The third-order valence-corrected chi connectivity index (χ3v) is 7.10. The van der Waals surface area contributed by atoms with E-state index in [4.69, 9.17) is 4.98 Å². The Balaban J connectivity index is 1.30. The molecule has 6 heteroatoms. The predicted molar refractivity (Wildman–Crippen MR) is 146 cm³/mol. The number of thioether (sulfide) groups is 1. The van der Waals surface area contributed by atoms with E-state index in [1.807, 2.05) is 48.5 Å². The number of hydrogen-bond donors (Lipinski definition) is 1. The fourth-order valence-corrected chi connectivity index (χ4v) is 5.02. The monoisotopic (exact) mass is 492 g/mol. The van der Waals surface area contributed by atoms with Crippen LogP contribution in [0.25, 0.3) is 11.2 Å². The summed E-state index contributed by atoms with van der Waals surface area (Å²) in [4.78, 5) is 22.1. The maximum absolute atomic E-state index is 12.6. The number of benzene rings is 3. The van der Waals surface area contributed by atoms with Gasteiger partial charge in [-0.3, -0.25) is 9.36 Å². The number of fused-ring (bicyclic) bond motifs is 1. The number of carbonyl (C=O) groups excluding carboxylic acids is 1. The van der Waals surface area contributed by atoms with Gasteiger partial charge in [0.15, 0.2) is 10.8 Å². The molecule has 2 heterocycles. The summed E-state index contributed by atoms with van der Waals surface area (Å²) in [6.07, 6.45) is 1.80. The van der Waals surface area contributed by atoms with Gasteiger partial charge in [0.2, 0.25) is 0 Å². The highest BCUT2D eigenvalue weighted by molar-refractivity contribution is 7.98. The van der Waals surface area contributed by atoms with Crippen LogP contribution in [0.2, 0.25) is 0 Å². The van der Waals surface area contributed by atoms with Gasteiger partial charge in [0.25, 0.3) is 5.91 Å². The SMILES string of the molecule is Cc1ccc(CNC(=O)c2ccc(Cn3c(SCc4cccc(C)c4)nc4cccnc43)cc2)cc1. The Bertz CT molecular complexity index is 1490. The summed E-state index contributed by atoms with van der Waals surface area (Å²) in [5, 5.41) is 3.94. The molecule has 0 bridgehead atoms. The molecule has 0 radical (unpaired) electrons. The quantitative estimate of drug-likeness (QED) is 0.258. The Labute approximate surface area is 215 Å². The Hall–Kier alpha value is -3.90. The van der Waals surface area contributed by atoms with Gasteiger partial charge in [0.1, 0.15) is 5.52 Å². The molecule has 5 nitrogen and oxygen atoms in total. The molecule has 3 aromatic carbocycles. The molecule has 0 saturated carbocycles. The molecule has 2 aromatic heterocycles. The molecule has 5 aromatic rings. The lowest BCUT2D eigenvalue weighted by Crippen LogP contribution is -2.22. The molecule has 36 heavy (non-hydrogen) atoms. The van der Waals surface area contributed by atoms with Crippen molar-refractivity contribution in [1.82, 2.24) is 19.9 Å². The first-order valence-corrected chi connectivity index (χ1v) is 13.0. The summed E-state index contributed by atoms with van der Waals surface area (Å²) in [6, 6.07) is 28.4. The van der Waals surface area contributed by atoms with E-state index < -0.39 is 0 Å². The number of imidazole rings is 1. The zero-order valence-corrected chi connectivity index (χ0v) is 21.3. The first kappa shape index (κ1) is 23.8. The first-order valence-electron chi connectivity index (χ1n) is 12.0. The van der Waals surface area contributed by atoms with E-state index in [0.29, 0.717) is 18.7 Å². The Kier molecular flexibility index (Phi) is 7.14. The van der Waals surface area contributed by atoms with Crippen molar-refractivity contribution in [2.45, 2.75) is 37.8 Å². The van der Waals surface area contributed by atoms with Crippen molar-refractivity contribution in [3.63, 3.8) is 0 Å². The lowest BCUT2D eigenvalue weighted by atomic mass is 10.1. The van der Waals surface area contributed by atoms with Crippen molar-refractivity contribution in [2.24, 2.45) is 0 Å². The van der Waals surface area contributed by atoms with Crippen LogP contribution in [0.5, 0.6) is 0 Å². The van der Waals surface area contributed by atoms with Crippen LogP contribution in [-0.2, 0) is 18.8 Å². The van der Waals surface area contributed by atoms with Gasteiger partial charge in [-0.2, -0.15) is 0 Å². The van der Waals surface area contributed by atoms with Gasteiger partial charge < -0.3 is 5.32 Å². The minimum atomic E-state index is -0.0775. The lowest BCUT2D eigenvalue weighted by molar-refractivity contribution is 0.0951. The van der Waals surface area contributed by atoms with Crippen LogP contribution >= 0.6 is 11.8 Å². The zero-order chi connectivity index (χ0) is 24.9. The molecule has 0 saturated heterocycles. The van der Waals surface area contributed by atoms with Gasteiger partial charge >= 0.3 is 0 Å². The molecule has 0 atom stereocenters. The van der Waals surface area contributed by atoms with Crippen molar-refractivity contribution in [2.75, 3.05) is 0 Å². The Morgan fingerprint density at radius 3 is 2.42 bits per heavy atom. The van der Waals surface area contributed by atoms with Crippen LogP contribution in [0.3, 0.4) is 0 Å². The number of nitrogens with one attached hydrogen (secondary N) is 1. The molecule has 180 valence electrons. The maximum atomic E-state index is 12.6. The Morgan fingerprint density at radius 2 is 1.64 bits per heavy atom. The van der Waals surface area contributed by atoms with Gasteiger partial charge in [-0.15, -0.1) is 0 Å². The summed E-state index contributed by atoms with van der Waals surface area (Å²) in [5.74, 6) is 0.761. The number of aromatic nitrogens is 3. The summed E-state index contributed by atoms with van der Waals surface area (Å²) in [7, 11) is 0. The van der Waals surface area contributed by atoms with Gasteiger partial charge in [-0.1, -0.05) is 83.6 Å². The fourth-order valence-electron chi connectivity index (χ4n) is 4.07. The first-order chi connectivity index (χ1) is 17.5. The second-order valence-corrected chi connectivity index (χ2v) is 9.91. The number of amides is 1. The number of carbonyl (C=O) groups is 1. The minimum Gasteiger partial charge on any atom is -0.348 e. The van der Waals surface area contributed by atoms with E-state index in [9.17, 15) is 4.79 Å². The summed E-state index contributed by atoms with van der Waals surface area (Å²) in [6.45, 7) is 5.31. The van der Waals surface area contributed by atoms with Crippen molar-refractivity contribution in [3.8, 4) is 0 Å². The molecular formula is C30H28N4OS. The number of nitrogens with zero attached hydrogens (tertiary/aromatic N) is 3. The van der Waals surface area contributed by atoms with E-state index >= 15 is 0 Å². The van der Waals surface area contributed by atoms with E-state index in [0.717, 1.165) is 33.2 Å². The standard InChI is InChI=1S/C30H28N4OS/c1-21-8-10-23(11-9-21)18-32-29(35)26-14-12-24(13-15-26)19-34-28-27(7-4-16-31-28)33-30(34)36-20-25-6-3-5-22(2)17-25/h3-17H,18-20H2,1-2H3,(H,32,35). The van der Waals surface area contributed by atoms with Gasteiger partial charge in [-0.25, -0.2) is 9.97 Å². The lowest BCUT2D eigenvalue weighted by Gasteiger charge is -2.10. The molecule has 5 rings (SSSR count). The van der Waals surface area contributed by atoms with Crippen LogP contribution in [0.15, 0.2) is 96.3 Å². The molecule has 1 amide bonds. The largest absolute Gasteiger partial charge is 0.348 e. The van der Waals surface area contributed by atoms with Gasteiger partial charge in [0.05, 0.1) is 6.54 Å². The second kappa shape index (κ2) is 10.8. The summed E-state index contributed by atoms with van der Waals surface area (Å²) < 4.78 is 2.16. The van der Waals surface area contributed by atoms with Crippen molar-refractivity contribution < 1.29 is 4.79 Å². The number of pyridine rings is 1. The van der Waals surface area contributed by atoms with Crippen molar-refractivity contribution in [1.29, 1.82) is 0 Å². The highest BCUT2D eigenvalue weighted by atomic mass is 32.2. The van der Waals surface area contributed by atoms with Gasteiger partial charge in [-0.05, 0) is 54.8 Å². The van der Waals surface area contributed by atoms with E-state index in [1.54, 1.807) is 18.0 Å². The topological polar surface area (TPSA) is 59.8 Å². The van der Waals surface area contributed by atoms with Crippen LogP contribution in [0, 0.1) is 13.8 Å². The maximum Gasteiger partial charge on any atom is 0.251 e. The molecule has 0 unspecified atom stereocenters. The average molecular weight is 493 g/mol. The molecule has 0 spiro atoms. The molecular weight excluding hydrogens is 464 g/mol. The van der Waals surface area contributed by atoms with Crippen LogP contribution in [0.4, 0.5) is 0 Å². The summed E-state index contributed by atoms with van der Waals surface area (Å²) >= 11 is 1.71. The van der Waals surface area contributed by atoms with Gasteiger partial charge in [0, 0.05) is 24.1 Å². The Morgan fingerprint density at radius 1 is 0.861 bits per heavy atom. The third kappa shape index (κ3) is 5.66.